The summed E-state index contributed by atoms with van der Waals surface area (Å²) in [6.07, 6.45) is 7.64. The Labute approximate surface area is 151 Å². The molecule has 0 aromatic carbocycles. The van der Waals surface area contributed by atoms with Crippen LogP contribution in [0, 0.1) is 5.92 Å². The molecule has 0 spiro atoms. The van der Waals surface area contributed by atoms with E-state index < -0.39 is 0 Å². The van der Waals surface area contributed by atoms with E-state index in [1.165, 1.54) is 25.7 Å². The van der Waals surface area contributed by atoms with Gasteiger partial charge in [0, 0.05) is 58.1 Å². The first-order valence-electron chi connectivity index (χ1n) is 9.94. The van der Waals surface area contributed by atoms with E-state index in [0.717, 1.165) is 58.3 Å². The Morgan fingerprint density at radius 1 is 1.00 bits per heavy atom. The molecular formula is C20H33N3O2. The maximum absolute atomic E-state index is 11.7. The van der Waals surface area contributed by atoms with E-state index in [4.69, 9.17) is 4.74 Å². The molecule has 5 heteroatoms. The summed E-state index contributed by atoms with van der Waals surface area (Å²) in [5, 5.41) is 0. The molecule has 2 fully saturated rings. The molecule has 1 aliphatic heterocycles. The summed E-state index contributed by atoms with van der Waals surface area (Å²) in [4.78, 5) is 16.7. The lowest BCUT2D eigenvalue weighted by Crippen LogP contribution is -2.48. The van der Waals surface area contributed by atoms with E-state index in [1.54, 1.807) is 16.7 Å². The van der Waals surface area contributed by atoms with E-state index in [0.29, 0.717) is 6.10 Å². The summed E-state index contributed by atoms with van der Waals surface area (Å²) < 4.78 is 7.95. The highest BCUT2D eigenvalue weighted by molar-refractivity contribution is 4.93. The van der Waals surface area contributed by atoms with E-state index in [2.05, 4.69) is 16.7 Å². The van der Waals surface area contributed by atoms with Crippen molar-refractivity contribution >= 4 is 0 Å². The van der Waals surface area contributed by atoms with Crippen molar-refractivity contribution in [2.45, 2.75) is 45.3 Å². The van der Waals surface area contributed by atoms with Crippen LogP contribution in [0.5, 0.6) is 0 Å². The lowest BCUT2D eigenvalue weighted by molar-refractivity contribution is -0.0180. The van der Waals surface area contributed by atoms with Crippen LogP contribution in [0.1, 0.15) is 32.6 Å². The summed E-state index contributed by atoms with van der Waals surface area (Å²) in [7, 11) is 0. The van der Waals surface area contributed by atoms with Gasteiger partial charge in [-0.25, -0.2) is 0 Å². The van der Waals surface area contributed by atoms with Crippen molar-refractivity contribution in [1.29, 1.82) is 0 Å². The molecule has 0 amide bonds. The van der Waals surface area contributed by atoms with Gasteiger partial charge in [-0.2, -0.15) is 0 Å². The Balaban J connectivity index is 1.31. The van der Waals surface area contributed by atoms with E-state index in [9.17, 15) is 4.79 Å². The second-order valence-electron chi connectivity index (χ2n) is 7.59. The number of rotatable bonds is 7. The minimum atomic E-state index is 0.0928. The first-order valence-corrected chi connectivity index (χ1v) is 9.94. The van der Waals surface area contributed by atoms with Crippen LogP contribution >= 0.6 is 0 Å². The second-order valence-corrected chi connectivity index (χ2v) is 7.59. The monoisotopic (exact) mass is 347 g/mol. The van der Waals surface area contributed by atoms with Crippen LogP contribution in [0.4, 0.5) is 0 Å². The van der Waals surface area contributed by atoms with Gasteiger partial charge >= 0.3 is 0 Å². The number of ether oxygens (including phenoxy) is 1. The highest BCUT2D eigenvalue weighted by Gasteiger charge is 2.22. The zero-order valence-electron chi connectivity index (χ0n) is 15.6. The van der Waals surface area contributed by atoms with Crippen LogP contribution in [0.2, 0.25) is 0 Å². The van der Waals surface area contributed by atoms with E-state index >= 15 is 0 Å². The molecule has 2 atom stereocenters. The Kier molecular flexibility index (Phi) is 7.08. The highest BCUT2D eigenvalue weighted by atomic mass is 16.5. The van der Waals surface area contributed by atoms with Crippen molar-refractivity contribution in [3.63, 3.8) is 0 Å². The fourth-order valence-electron chi connectivity index (χ4n) is 3.99. The van der Waals surface area contributed by atoms with Crippen LogP contribution in [-0.2, 0) is 11.3 Å². The minimum absolute atomic E-state index is 0.0928. The third-order valence-corrected chi connectivity index (χ3v) is 5.79. The summed E-state index contributed by atoms with van der Waals surface area (Å²) in [6, 6.07) is 5.35. The molecule has 140 valence electrons. The van der Waals surface area contributed by atoms with Crippen molar-refractivity contribution < 1.29 is 4.74 Å². The Hall–Kier alpha value is -1.17. The Morgan fingerprint density at radius 3 is 2.44 bits per heavy atom. The average molecular weight is 348 g/mol. The van der Waals surface area contributed by atoms with E-state index in [-0.39, 0.29) is 5.56 Å². The SMILES string of the molecule is C[C@H]1CCCC[C@H]1OCCN1CCN(CCn2ccccc2=O)CC1. The molecular weight excluding hydrogens is 314 g/mol. The predicted molar refractivity (Wildman–Crippen MR) is 101 cm³/mol. The van der Waals surface area contributed by atoms with Gasteiger partial charge in [-0.1, -0.05) is 25.8 Å². The van der Waals surface area contributed by atoms with Gasteiger partial charge in [-0.3, -0.25) is 14.6 Å². The molecule has 1 saturated heterocycles. The van der Waals surface area contributed by atoms with Gasteiger partial charge in [0.05, 0.1) is 12.7 Å². The highest BCUT2D eigenvalue weighted by Crippen LogP contribution is 2.26. The molecule has 1 aromatic rings. The molecule has 2 heterocycles. The molecule has 5 nitrogen and oxygen atoms in total. The fourth-order valence-corrected chi connectivity index (χ4v) is 3.99. The van der Waals surface area contributed by atoms with Gasteiger partial charge in [0.2, 0.25) is 0 Å². The third-order valence-electron chi connectivity index (χ3n) is 5.79. The Morgan fingerprint density at radius 2 is 1.72 bits per heavy atom. The zero-order chi connectivity index (χ0) is 17.5. The van der Waals surface area contributed by atoms with Crippen LogP contribution in [0.3, 0.4) is 0 Å². The minimum Gasteiger partial charge on any atom is -0.377 e. The van der Waals surface area contributed by atoms with Crippen LogP contribution < -0.4 is 5.56 Å². The standard InChI is InChI=1S/C20H33N3O2/c1-18-6-2-3-7-19(18)25-17-16-22-12-10-21(11-13-22)14-15-23-9-5-4-8-20(23)24/h4-5,8-9,18-19H,2-3,6-7,10-17H2,1H3/t18-,19+/m0/s1. The largest absolute Gasteiger partial charge is 0.377 e. The molecule has 0 bridgehead atoms. The summed E-state index contributed by atoms with van der Waals surface area (Å²) in [5.74, 6) is 0.729. The van der Waals surface area contributed by atoms with Gasteiger partial charge < -0.3 is 9.30 Å². The molecule has 2 aliphatic rings. The molecule has 1 saturated carbocycles. The Bertz CT molecular complexity index is 566. The van der Waals surface area contributed by atoms with Crippen LogP contribution in [0.15, 0.2) is 29.2 Å². The number of hydrogen-bond acceptors (Lipinski definition) is 4. The lowest BCUT2D eigenvalue weighted by Gasteiger charge is -2.35. The number of hydrogen-bond donors (Lipinski definition) is 0. The zero-order valence-corrected chi connectivity index (χ0v) is 15.6. The first kappa shape index (κ1) is 18.6. The van der Waals surface area contributed by atoms with Crippen molar-refractivity contribution in [3.05, 3.63) is 34.7 Å². The molecule has 1 aromatic heterocycles. The van der Waals surface area contributed by atoms with Gasteiger partial charge in [0.1, 0.15) is 0 Å². The van der Waals surface area contributed by atoms with Crippen molar-refractivity contribution in [2.24, 2.45) is 5.92 Å². The van der Waals surface area contributed by atoms with Gasteiger partial charge in [0.15, 0.2) is 0 Å². The smallest absolute Gasteiger partial charge is 0.250 e. The molecule has 3 rings (SSSR count). The quantitative estimate of drug-likeness (QED) is 0.757. The van der Waals surface area contributed by atoms with Crippen LogP contribution in [-0.4, -0.2) is 66.3 Å². The third kappa shape index (κ3) is 5.66. The van der Waals surface area contributed by atoms with E-state index in [1.807, 2.05) is 12.3 Å². The normalized spacial score (nSPS) is 26.0. The predicted octanol–water partition coefficient (Wildman–Crippen LogP) is 2.06. The second kappa shape index (κ2) is 9.51. The molecule has 25 heavy (non-hydrogen) atoms. The number of piperazine rings is 1. The fraction of sp³-hybridized carbons (Fsp3) is 0.750. The summed E-state index contributed by atoms with van der Waals surface area (Å²) in [6.45, 7) is 10.4. The van der Waals surface area contributed by atoms with Crippen molar-refractivity contribution in [1.82, 2.24) is 14.4 Å². The van der Waals surface area contributed by atoms with Gasteiger partial charge in [-0.05, 0) is 24.8 Å². The molecule has 1 aliphatic carbocycles. The van der Waals surface area contributed by atoms with Gasteiger partial charge in [0.25, 0.3) is 5.56 Å². The van der Waals surface area contributed by atoms with Crippen molar-refractivity contribution in [3.8, 4) is 0 Å². The summed E-state index contributed by atoms with van der Waals surface area (Å²) in [5.41, 5.74) is 0.0928. The molecule has 0 N–H and O–H groups in total. The number of pyridine rings is 1. The lowest BCUT2D eigenvalue weighted by atomic mass is 9.88. The van der Waals surface area contributed by atoms with Crippen LogP contribution in [0.25, 0.3) is 0 Å². The van der Waals surface area contributed by atoms with Gasteiger partial charge in [-0.15, -0.1) is 0 Å². The molecule has 0 unspecified atom stereocenters. The molecule has 0 radical (unpaired) electrons. The van der Waals surface area contributed by atoms with Crippen molar-refractivity contribution in [2.75, 3.05) is 45.9 Å². The maximum atomic E-state index is 11.7. The number of nitrogens with zero attached hydrogens (tertiary/aromatic N) is 3. The summed E-state index contributed by atoms with van der Waals surface area (Å²) >= 11 is 0. The first-order chi connectivity index (χ1) is 12.2. The number of aromatic nitrogens is 1. The average Bonchev–Trinajstić information content (AvgIpc) is 2.64. The topological polar surface area (TPSA) is 37.7 Å². The maximum Gasteiger partial charge on any atom is 0.250 e.